The number of likely N-dealkylation sites (tertiary alicyclic amines) is 1. The lowest BCUT2D eigenvalue weighted by molar-refractivity contribution is -0.136. The van der Waals surface area contributed by atoms with Gasteiger partial charge in [0.2, 0.25) is 5.91 Å². The minimum Gasteiger partial charge on any atom is -0.341 e. The third-order valence-electron chi connectivity index (χ3n) is 5.09. The first-order valence-corrected chi connectivity index (χ1v) is 8.23. The standard InChI is InChI=1S/C16H31N3O.ClH/c1-12(2)19-9-6-14(7-10-19)18(4)16(20)15-11-13(3)5-8-17-15;/h12-15,17H,5-11H2,1-4H3;1H. The summed E-state index contributed by atoms with van der Waals surface area (Å²) in [6.07, 6.45) is 4.42. The molecule has 21 heavy (non-hydrogen) atoms. The first-order valence-electron chi connectivity index (χ1n) is 8.23. The van der Waals surface area contributed by atoms with E-state index in [1.807, 2.05) is 11.9 Å². The minimum atomic E-state index is 0. The second-order valence-electron chi connectivity index (χ2n) is 6.95. The molecule has 2 aliphatic rings. The molecule has 0 bridgehead atoms. The largest absolute Gasteiger partial charge is 0.341 e. The third-order valence-corrected chi connectivity index (χ3v) is 5.09. The summed E-state index contributed by atoms with van der Waals surface area (Å²) < 4.78 is 0. The van der Waals surface area contributed by atoms with E-state index in [1.54, 1.807) is 0 Å². The van der Waals surface area contributed by atoms with Crippen molar-refractivity contribution in [2.24, 2.45) is 5.92 Å². The molecule has 2 saturated heterocycles. The Morgan fingerprint density at radius 1 is 1.24 bits per heavy atom. The molecule has 5 heteroatoms. The van der Waals surface area contributed by atoms with Gasteiger partial charge in [-0.2, -0.15) is 0 Å². The van der Waals surface area contributed by atoms with E-state index in [2.05, 4.69) is 31.0 Å². The lowest BCUT2D eigenvalue weighted by atomic mass is 9.93. The predicted molar refractivity (Wildman–Crippen MR) is 89.9 cm³/mol. The first kappa shape index (κ1) is 18.7. The van der Waals surface area contributed by atoms with Gasteiger partial charge in [0.15, 0.2) is 0 Å². The Bertz CT molecular complexity index is 329. The van der Waals surface area contributed by atoms with Crippen LogP contribution in [0.1, 0.15) is 46.5 Å². The van der Waals surface area contributed by atoms with E-state index >= 15 is 0 Å². The van der Waals surface area contributed by atoms with Gasteiger partial charge in [-0.15, -0.1) is 12.4 Å². The van der Waals surface area contributed by atoms with Crippen LogP contribution < -0.4 is 5.32 Å². The van der Waals surface area contributed by atoms with Gasteiger partial charge in [0, 0.05) is 32.2 Å². The lowest BCUT2D eigenvalue weighted by Gasteiger charge is -2.40. The van der Waals surface area contributed by atoms with Crippen LogP contribution in [0.3, 0.4) is 0 Å². The maximum atomic E-state index is 12.6. The molecule has 2 unspecified atom stereocenters. The van der Waals surface area contributed by atoms with Crippen molar-refractivity contribution >= 4 is 18.3 Å². The molecule has 0 radical (unpaired) electrons. The zero-order valence-corrected chi connectivity index (χ0v) is 14.8. The molecule has 124 valence electrons. The molecule has 2 fully saturated rings. The molecule has 2 heterocycles. The number of carbonyl (C=O) groups excluding carboxylic acids is 1. The van der Waals surface area contributed by atoms with E-state index in [1.165, 1.54) is 6.42 Å². The number of nitrogens with zero attached hydrogens (tertiary/aromatic N) is 2. The summed E-state index contributed by atoms with van der Waals surface area (Å²) >= 11 is 0. The number of hydrogen-bond acceptors (Lipinski definition) is 3. The van der Waals surface area contributed by atoms with E-state index in [9.17, 15) is 4.79 Å². The second-order valence-corrected chi connectivity index (χ2v) is 6.95. The molecular formula is C16H32ClN3O. The van der Waals surface area contributed by atoms with E-state index in [0.717, 1.165) is 38.9 Å². The minimum absolute atomic E-state index is 0. The van der Waals surface area contributed by atoms with Crippen molar-refractivity contribution in [3.8, 4) is 0 Å². The van der Waals surface area contributed by atoms with Crippen molar-refractivity contribution in [1.82, 2.24) is 15.1 Å². The summed E-state index contributed by atoms with van der Waals surface area (Å²) in [5.41, 5.74) is 0. The molecule has 0 saturated carbocycles. The summed E-state index contributed by atoms with van der Waals surface area (Å²) in [6.45, 7) is 9.98. The van der Waals surface area contributed by atoms with Gasteiger partial charge in [0.25, 0.3) is 0 Å². The molecule has 0 spiro atoms. The van der Waals surface area contributed by atoms with Gasteiger partial charge in [-0.1, -0.05) is 6.92 Å². The molecule has 1 amide bonds. The zero-order chi connectivity index (χ0) is 14.7. The smallest absolute Gasteiger partial charge is 0.239 e. The Balaban J connectivity index is 0.00000220. The van der Waals surface area contributed by atoms with Gasteiger partial charge in [-0.3, -0.25) is 4.79 Å². The summed E-state index contributed by atoms with van der Waals surface area (Å²) in [5.74, 6) is 0.973. The number of carbonyl (C=O) groups is 1. The Hall–Kier alpha value is -0.320. The molecule has 0 aliphatic carbocycles. The van der Waals surface area contributed by atoms with Crippen LogP contribution in [0.25, 0.3) is 0 Å². The molecule has 0 aromatic carbocycles. The molecule has 1 N–H and O–H groups in total. The van der Waals surface area contributed by atoms with Crippen LogP contribution in [0.2, 0.25) is 0 Å². The average molecular weight is 318 g/mol. The highest BCUT2D eigenvalue weighted by Crippen LogP contribution is 2.21. The topological polar surface area (TPSA) is 35.6 Å². The van der Waals surface area contributed by atoms with Crippen molar-refractivity contribution in [2.75, 3.05) is 26.7 Å². The van der Waals surface area contributed by atoms with Crippen LogP contribution in [0, 0.1) is 5.92 Å². The van der Waals surface area contributed by atoms with Gasteiger partial charge in [-0.05, 0) is 52.0 Å². The van der Waals surface area contributed by atoms with E-state index in [-0.39, 0.29) is 18.4 Å². The zero-order valence-electron chi connectivity index (χ0n) is 14.0. The number of piperidine rings is 2. The number of likely N-dealkylation sites (N-methyl/N-ethyl adjacent to an activating group) is 1. The number of nitrogens with one attached hydrogen (secondary N) is 1. The summed E-state index contributed by atoms with van der Waals surface area (Å²) in [7, 11) is 2.00. The number of halogens is 1. The van der Waals surface area contributed by atoms with Crippen LogP contribution in [0.15, 0.2) is 0 Å². The van der Waals surface area contributed by atoms with Crippen LogP contribution in [-0.4, -0.2) is 60.5 Å². The van der Waals surface area contributed by atoms with Gasteiger partial charge in [0.1, 0.15) is 0 Å². The van der Waals surface area contributed by atoms with Crippen molar-refractivity contribution in [2.45, 2.75) is 64.6 Å². The highest BCUT2D eigenvalue weighted by molar-refractivity contribution is 5.85. The molecule has 2 atom stereocenters. The van der Waals surface area contributed by atoms with Crippen molar-refractivity contribution in [3.63, 3.8) is 0 Å². The fourth-order valence-electron chi connectivity index (χ4n) is 3.51. The van der Waals surface area contributed by atoms with Crippen LogP contribution in [-0.2, 0) is 4.79 Å². The Kier molecular flexibility index (Phi) is 7.45. The van der Waals surface area contributed by atoms with E-state index in [0.29, 0.717) is 23.9 Å². The fourth-order valence-corrected chi connectivity index (χ4v) is 3.51. The van der Waals surface area contributed by atoms with E-state index < -0.39 is 0 Å². The third kappa shape index (κ3) is 4.83. The Morgan fingerprint density at radius 2 is 1.86 bits per heavy atom. The average Bonchev–Trinajstić information content (AvgIpc) is 2.46. The normalized spacial score (nSPS) is 28.2. The maximum Gasteiger partial charge on any atom is 0.239 e. The molecule has 2 aliphatic heterocycles. The van der Waals surface area contributed by atoms with Gasteiger partial charge in [0.05, 0.1) is 6.04 Å². The van der Waals surface area contributed by atoms with E-state index in [4.69, 9.17) is 0 Å². The van der Waals surface area contributed by atoms with Crippen LogP contribution in [0.5, 0.6) is 0 Å². The lowest BCUT2D eigenvalue weighted by Crippen LogP contribution is -2.54. The molecular weight excluding hydrogens is 286 g/mol. The Labute approximate surface area is 136 Å². The Morgan fingerprint density at radius 3 is 2.38 bits per heavy atom. The van der Waals surface area contributed by atoms with Crippen LogP contribution >= 0.6 is 12.4 Å². The molecule has 0 aromatic heterocycles. The van der Waals surface area contributed by atoms with Crippen LogP contribution in [0.4, 0.5) is 0 Å². The summed E-state index contributed by atoms with van der Waals surface area (Å²) in [6, 6.07) is 1.10. The monoisotopic (exact) mass is 317 g/mol. The SMILES string of the molecule is CC1CCNC(C(=O)N(C)C2CCN(C(C)C)CC2)C1.Cl. The molecule has 4 nitrogen and oxygen atoms in total. The number of amides is 1. The first-order chi connectivity index (χ1) is 9.49. The quantitative estimate of drug-likeness (QED) is 0.866. The molecule has 2 rings (SSSR count). The number of rotatable bonds is 3. The second kappa shape index (κ2) is 8.35. The highest BCUT2D eigenvalue weighted by Gasteiger charge is 2.31. The maximum absolute atomic E-state index is 12.6. The number of hydrogen-bond donors (Lipinski definition) is 1. The molecule has 0 aromatic rings. The van der Waals surface area contributed by atoms with Crippen molar-refractivity contribution in [3.05, 3.63) is 0 Å². The van der Waals surface area contributed by atoms with Gasteiger partial charge in [-0.25, -0.2) is 0 Å². The summed E-state index contributed by atoms with van der Waals surface area (Å²) in [5, 5.41) is 3.39. The highest BCUT2D eigenvalue weighted by atomic mass is 35.5. The van der Waals surface area contributed by atoms with Gasteiger partial charge >= 0.3 is 0 Å². The summed E-state index contributed by atoms with van der Waals surface area (Å²) in [4.78, 5) is 17.1. The van der Waals surface area contributed by atoms with Crippen molar-refractivity contribution in [1.29, 1.82) is 0 Å². The fraction of sp³-hybridized carbons (Fsp3) is 0.938. The predicted octanol–water partition coefficient (Wildman–Crippen LogP) is 2.13. The van der Waals surface area contributed by atoms with Crippen molar-refractivity contribution < 1.29 is 4.79 Å². The van der Waals surface area contributed by atoms with Gasteiger partial charge < -0.3 is 15.1 Å².